The predicted octanol–water partition coefficient (Wildman–Crippen LogP) is 4.63. The zero-order valence-electron chi connectivity index (χ0n) is 28.9. The molecule has 0 saturated carbocycles. The van der Waals surface area contributed by atoms with Crippen molar-refractivity contribution in [2.45, 2.75) is 70.2 Å². The second-order valence-corrected chi connectivity index (χ2v) is 14.4. The number of anilines is 1. The number of rotatable bonds is 14. The minimum absolute atomic E-state index is 0.00667. The number of nitriles is 1. The third-order valence-electron chi connectivity index (χ3n) is 8.94. The number of nitrogens with zero attached hydrogens (tertiary/aromatic N) is 7. The molecule has 0 spiro atoms. The van der Waals surface area contributed by atoms with Gasteiger partial charge in [-0.25, -0.2) is 19.6 Å². The summed E-state index contributed by atoms with van der Waals surface area (Å²) in [5.74, 6) is -1.33. The fourth-order valence-corrected chi connectivity index (χ4v) is 8.44. The molecule has 3 aliphatic heterocycles. The van der Waals surface area contributed by atoms with Crippen LogP contribution in [0, 0.1) is 11.3 Å². The Balaban J connectivity index is 1.21. The van der Waals surface area contributed by atoms with E-state index in [4.69, 9.17) is 23.4 Å². The van der Waals surface area contributed by atoms with E-state index >= 15 is 0 Å². The first kappa shape index (κ1) is 35.7. The number of hydrogen-bond acceptors (Lipinski definition) is 13. The van der Waals surface area contributed by atoms with Gasteiger partial charge in [-0.2, -0.15) is 5.26 Å². The second kappa shape index (κ2) is 14.7. The zero-order chi connectivity index (χ0) is 36.6. The fourth-order valence-electron chi connectivity index (χ4n) is 6.62. The largest absolute Gasteiger partial charge is 0.367 e. The smallest absolute Gasteiger partial charge is 0.285 e. The van der Waals surface area contributed by atoms with Gasteiger partial charge in [0.2, 0.25) is 0 Å². The summed E-state index contributed by atoms with van der Waals surface area (Å²) in [5.41, 5.74) is 0.263. The summed E-state index contributed by atoms with van der Waals surface area (Å²) in [4.78, 5) is 58.7. The van der Waals surface area contributed by atoms with E-state index < -0.39 is 44.4 Å². The maximum atomic E-state index is 13.2. The first-order valence-corrected chi connectivity index (χ1v) is 18.0. The van der Waals surface area contributed by atoms with Crippen LogP contribution >= 0.6 is 8.53 Å². The number of ether oxygens (including phenoxy) is 2. The Labute approximate surface area is 300 Å². The molecule has 2 aromatic heterocycles. The minimum atomic E-state index is -1.77. The van der Waals surface area contributed by atoms with Crippen LogP contribution in [0.3, 0.4) is 0 Å². The van der Waals surface area contributed by atoms with Gasteiger partial charge in [0.15, 0.2) is 23.2 Å². The van der Waals surface area contributed by atoms with E-state index in [0.717, 1.165) is 5.06 Å². The number of hydroxylamine groups is 2. The van der Waals surface area contributed by atoms with Crippen molar-refractivity contribution in [1.29, 1.82) is 5.26 Å². The van der Waals surface area contributed by atoms with Gasteiger partial charge in [-0.15, -0.1) is 5.06 Å². The molecular weight excluding hydrogens is 691 g/mol. The summed E-state index contributed by atoms with van der Waals surface area (Å²) in [6, 6.07) is 17.3. The number of amides is 3. The molecule has 0 radical (unpaired) electrons. The van der Waals surface area contributed by atoms with Crippen LogP contribution < -0.4 is 5.32 Å². The van der Waals surface area contributed by atoms with Crippen LogP contribution in [0.25, 0.3) is 11.2 Å². The second-order valence-electron chi connectivity index (χ2n) is 13.0. The van der Waals surface area contributed by atoms with Crippen molar-refractivity contribution >= 4 is 43.2 Å². The van der Waals surface area contributed by atoms with Gasteiger partial charge in [-0.1, -0.05) is 30.3 Å². The molecule has 1 N–H and O–H groups in total. The predicted molar refractivity (Wildman–Crippen MR) is 185 cm³/mol. The summed E-state index contributed by atoms with van der Waals surface area (Å²) < 4.78 is 30.0. The number of fused-ring (bicyclic) bond motifs is 4. The number of nitrogens with one attached hydrogen (secondary N) is 1. The number of aromatic nitrogens is 4. The Kier molecular flexibility index (Phi) is 10.1. The molecule has 5 atom stereocenters. The van der Waals surface area contributed by atoms with Crippen LogP contribution in [0.15, 0.2) is 67.3 Å². The minimum Gasteiger partial charge on any atom is -0.367 e. The Morgan fingerprint density at radius 2 is 1.75 bits per heavy atom. The molecule has 2 saturated heterocycles. The number of benzene rings is 2. The SMILES string of the molecule is CC(C)N(C(C)C)P(OCCC#N)OC1C2OC[C@]1(CON1C(=O)c3ccccc3C1=O)O[C@H]2n1cnc2c(NC(=O)c3ccccc3)ncnc21. The third kappa shape index (κ3) is 6.45. The van der Waals surface area contributed by atoms with Crippen LogP contribution in [-0.4, -0.2) is 96.7 Å². The lowest BCUT2D eigenvalue weighted by Gasteiger charge is -2.38. The Morgan fingerprint density at radius 3 is 2.42 bits per heavy atom. The van der Waals surface area contributed by atoms with E-state index in [1.807, 2.05) is 33.8 Å². The van der Waals surface area contributed by atoms with E-state index in [2.05, 4.69) is 31.0 Å². The van der Waals surface area contributed by atoms with Gasteiger partial charge in [0.1, 0.15) is 30.7 Å². The van der Waals surface area contributed by atoms with Gasteiger partial charge in [0.25, 0.3) is 26.2 Å². The topological polar surface area (TPSA) is 183 Å². The molecule has 2 fully saturated rings. The van der Waals surface area contributed by atoms with Crippen molar-refractivity contribution in [1.82, 2.24) is 29.3 Å². The van der Waals surface area contributed by atoms with Crippen molar-refractivity contribution in [2.75, 3.05) is 25.1 Å². The Bertz CT molecular complexity index is 1980. The van der Waals surface area contributed by atoms with Crippen molar-refractivity contribution in [2.24, 2.45) is 0 Å². The van der Waals surface area contributed by atoms with Gasteiger partial charge >= 0.3 is 0 Å². The lowest BCUT2D eigenvalue weighted by atomic mass is 10.0. The molecule has 3 unspecified atom stereocenters. The first-order chi connectivity index (χ1) is 25.1. The molecule has 3 amide bonds. The van der Waals surface area contributed by atoms with Gasteiger partial charge in [-0.3, -0.25) is 23.8 Å². The van der Waals surface area contributed by atoms with Crippen LogP contribution in [0.4, 0.5) is 5.82 Å². The molecule has 270 valence electrons. The molecule has 7 rings (SSSR count). The van der Waals surface area contributed by atoms with Crippen LogP contribution in [0.2, 0.25) is 0 Å². The molecule has 5 heterocycles. The molecule has 0 aliphatic carbocycles. The van der Waals surface area contributed by atoms with Crippen molar-refractivity contribution in [3.8, 4) is 6.07 Å². The molecule has 4 aromatic rings. The number of imidazole rings is 1. The van der Waals surface area contributed by atoms with E-state index in [9.17, 15) is 19.6 Å². The maximum Gasteiger partial charge on any atom is 0.285 e. The lowest BCUT2D eigenvalue weighted by Crippen LogP contribution is -2.49. The van der Waals surface area contributed by atoms with Gasteiger partial charge in [-0.05, 0) is 52.0 Å². The fraction of sp³-hybridized carbons (Fsp3) is 0.400. The first-order valence-electron chi connectivity index (χ1n) is 16.8. The highest BCUT2D eigenvalue weighted by molar-refractivity contribution is 7.44. The quantitative estimate of drug-likeness (QED) is 0.108. The highest BCUT2D eigenvalue weighted by Crippen LogP contribution is 2.55. The van der Waals surface area contributed by atoms with Gasteiger partial charge in [0, 0.05) is 17.6 Å². The highest BCUT2D eigenvalue weighted by Gasteiger charge is 2.65. The van der Waals surface area contributed by atoms with E-state index in [1.165, 1.54) is 12.7 Å². The molecular formula is C35H37N8O8P. The van der Waals surface area contributed by atoms with Gasteiger partial charge < -0.3 is 23.8 Å². The maximum absolute atomic E-state index is 13.2. The third-order valence-corrected chi connectivity index (χ3v) is 11.0. The molecule has 52 heavy (non-hydrogen) atoms. The lowest BCUT2D eigenvalue weighted by molar-refractivity contribution is -0.217. The average Bonchev–Trinajstić information content (AvgIpc) is 3.86. The Morgan fingerprint density at radius 1 is 1.06 bits per heavy atom. The summed E-state index contributed by atoms with van der Waals surface area (Å²) in [5, 5.41) is 12.8. The molecule has 16 nitrogen and oxygen atoms in total. The zero-order valence-corrected chi connectivity index (χ0v) is 29.8. The number of hydrogen-bond donors (Lipinski definition) is 1. The standard InChI is InChI=1S/C35H37N8O8P/c1-21(2)43(22(3)4)52(49-16-10-15-36)51-28-27-34(41-20-39-26-29(37-19-38-30(26)41)40-31(44)23-11-6-5-7-12-23)50-35(28,17-47-27)18-48-42-32(45)24-13-8-9-14-25(24)33(42)46/h5-9,11-14,19-22,27-28,34H,10,16-18H2,1-4H3,(H,37,38,40,44)/t27?,28?,34-,35-,52?/m1/s1. The van der Waals surface area contributed by atoms with Gasteiger partial charge in [0.05, 0.1) is 43.2 Å². The number of carbonyl (C=O) groups is 3. The van der Waals surface area contributed by atoms with Crippen LogP contribution in [0.5, 0.6) is 0 Å². The number of imide groups is 1. The van der Waals surface area contributed by atoms with E-state index in [0.29, 0.717) is 16.7 Å². The molecule has 3 aliphatic rings. The van der Waals surface area contributed by atoms with Crippen molar-refractivity contribution in [3.63, 3.8) is 0 Å². The normalized spacial score (nSPS) is 22.9. The van der Waals surface area contributed by atoms with Crippen LogP contribution in [-0.2, 0) is 23.4 Å². The number of carbonyl (C=O) groups excluding carboxylic acids is 3. The monoisotopic (exact) mass is 728 g/mol. The summed E-state index contributed by atoms with van der Waals surface area (Å²) in [7, 11) is -1.77. The summed E-state index contributed by atoms with van der Waals surface area (Å²) in [6.07, 6.45) is 0.528. The highest BCUT2D eigenvalue weighted by atomic mass is 31.2. The van der Waals surface area contributed by atoms with Crippen LogP contribution in [0.1, 0.15) is 71.4 Å². The van der Waals surface area contributed by atoms with Crippen molar-refractivity contribution < 1.29 is 37.7 Å². The average molecular weight is 729 g/mol. The summed E-state index contributed by atoms with van der Waals surface area (Å²) in [6.45, 7) is 7.96. The molecule has 2 bridgehead atoms. The van der Waals surface area contributed by atoms with E-state index in [-0.39, 0.29) is 61.2 Å². The molecule has 17 heteroatoms. The Hall–Kier alpha value is -4.72. The molecule has 2 aromatic carbocycles. The summed E-state index contributed by atoms with van der Waals surface area (Å²) >= 11 is 0. The van der Waals surface area contributed by atoms with Crippen molar-refractivity contribution in [3.05, 3.63) is 83.9 Å². The van der Waals surface area contributed by atoms with E-state index in [1.54, 1.807) is 53.1 Å².